The fourth-order valence-electron chi connectivity index (χ4n) is 3.72. The highest BCUT2D eigenvalue weighted by Crippen LogP contribution is 2.27. The van der Waals surface area contributed by atoms with Gasteiger partial charge in [-0.25, -0.2) is 13.1 Å². The van der Waals surface area contributed by atoms with Crippen LogP contribution in [0.5, 0.6) is 5.75 Å². The Balaban J connectivity index is 1.57. The van der Waals surface area contributed by atoms with Crippen molar-refractivity contribution in [3.63, 3.8) is 0 Å². The van der Waals surface area contributed by atoms with Gasteiger partial charge in [0, 0.05) is 22.9 Å². The van der Waals surface area contributed by atoms with Crippen LogP contribution < -0.4 is 9.46 Å². The third-order valence-electron chi connectivity index (χ3n) is 5.41. The van der Waals surface area contributed by atoms with Crippen molar-refractivity contribution in [2.75, 3.05) is 7.11 Å². The molecule has 1 N–H and O–H groups in total. The molecule has 4 rings (SSSR count). The van der Waals surface area contributed by atoms with Gasteiger partial charge in [-0.2, -0.15) is 5.10 Å². The van der Waals surface area contributed by atoms with Crippen molar-refractivity contribution < 1.29 is 17.9 Å². The third kappa shape index (κ3) is 6.50. The molecule has 0 saturated heterocycles. The molecule has 0 aliphatic carbocycles. The Labute approximate surface area is 218 Å². The van der Waals surface area contributed by atoms with Gasteiger partial charge in [0.05, 0.1) is 13.7 Å². The summed E-state index contributed by atoms with van der Waals surface area (Å²) in [6, 6.07) is 22.4. The van der Waals surface area contributed by atoms with E-state index in [0.29, 0.717) is 17.4 Å². The highest BCUT2D eigenvalue weighted by Gasteiger charge is 2.21. The molecule has 0 fully saturated rings. The van der Waals surface area contributed by atoms with Crippen LogP contribution in [0, 0.1) is 0 Å². The number of carbonyl (C=O) groups excluding carboxylic acids is 1. The van der Waals surface area contributed by atoms with Crippen LogP contribution >= 0.6 is 15.9 Å². The quantitative estimate of drug-likeness (QED) is 0.294. The van der Waals surface area contributed by atoms with E-state index in [1.165, 1.54) is 25.3 Å². The van der Waals surface area contributed by atoms with E-state index in [4.69, 9.17) is 4.74 Å². The van der Waals surface area contributed by atoms with E-state index in [1.807, 2.05) is 59.4 Å². The minimum atomic E-state index is -4.14. The number of carbonyl (C=O) groups is 1. The Morgan fingerprint density at radius 3 is 2.58 bits per heavy atom. The standard InChI is InChI=1S/C27H24BrN3O4S/c1-35-25-12-11-24(28)18-26(25)36(33,34)30-27(32)13-10-22-9-8-21(19-31-15-5-14-29-31)17-23(22)16-20-6-3-2-4-7-20/h2-15,17-18H,16,19H2,1H3,(H,30,32). The van der Waals surface area contributed by atoms with Gasteiger partial charge in [-0.1, -0.05) is 64.5 Å². The molecule has 0 unspecified atom stereocenters. The van der Waals surface area contributed by atoms with Crippen LogP contribution in [0.2, 0.25) is 0 Å². The van der Waals surface area contributed by atoms with Crippen LogP contribution in [-0.2, 0) is 27.8 Å². The number of halogens is 1. The number of nitrogens with one attached hydrogen (secondary N) is 1. The summed E-state index contributed by atoms with van der Waals surface area (Å²) in [4.78, 5) is 12.5. The van der Waals surface area contributed by atoms with Crippen molar-refractivity contribution >= 4 is 37.9 Å². The molecule has 0 aliphatic rings. The first kappa shape index (κ1) is 25.4. The van der Waals surface area contributed by atoms with E-state index in [-0.39, 0.29) is 10.6 Å². The summed E-state index contributed by atoms with van der Waals surface area (Å²) in [6.45, 7) is 0.617. The molecule has 1 amide bonds. The fourth-order valence-corrected chi connectivity index (χ4v) is 5.37. The molecule has 7 nitrogen and oxygen atoms in total. The second-order valence-electron chi connectivity index (χ2n) is 8.00. The average Bonchev–Trinajstić information content (AvgIpc) is 3.37. The summed E-state index contributed by atoms with van der Waals surface area (Å²) in [5.41, 5.74) is 4.01. The van der Waals surface area contributed by atoms with Gasteiger partial charge in [0.2, 0.25) is 0 Å². The zero-order valence-corrected chi connectivity index (χ0v) is 21.9. The van der Waals surface area contributed by atoms with E-state index >= 15 is 0 Å². The molecular weight excluding hydrogens is 542 g/mol. The highest BCUT2D eigenvalue weighted by atomic mass is 79.9. The molecule has 1 aromatic heterocycles. The number of amides is 1. The number of methoxy groups -OCH3 is 1. The molecular formula is C27H24BrN3O4S. The number of hydrogen-bond donors (Lipinski definition) is 1. The SMILES string of the molecule is COc1ccc(Br)cc1S(=O)(=O)NC(=O)C=Cc1ccc(Cn2cccn2)cc1Cc1ccccc1. The van der Waals surface area contributed by atoms with Gasteiger partial charge >= 0.3 is 0 Å². The van der Waals surface area contributed by atoms with Crippen molar-refractivity contribution in [2.24, 2.45) is 0 Å². The van der Waals surface area contributed by atoms with Gasteiger partial charge in [0.15, 0.2) is 0 Å². The van der Waals surface area contributed by atoms with Crippen LogP contribution in [0.1, 0.15) is 22.3 Å². The molecule has 4 aromatic rings. The molecule has 36 heavy (non-hydrogen) atoms. The summed E-state index contributed by atoms with van der Waals surface area (Å²) in [5.74, 6) is -0.622. The number of nitrogens with zero attached hydrogens (tertiary/aromatic N) is 2. The van der Waals surface area contributed by atoms with Crippen molar-refractivity contribution in [1.29, 1.82) is 0 Å². The van der Waals surface area contributed by atoms with E-state index in [1.54, 1.807) is 18.3 Å². The number of ether oxygens (including phenoxy) is 1. The number of hydrogen-bond acceptors (Lipinski definition) is 5. The minimum absolute atomic E-state index is 0.131. The first-order valence-electron chi connectivity index (χ1n) is 11.1. The molecule has 0 aliphatic heterocycles. The normalized spacial score (nSPS) is 11.5. The maximum absolute atomic E-state index is 12.8. The zero-order chi connectivity index (χ0) is 25.5. The Morgan fingerprint density at radius 2 is 1.86 bits per heavy atom. The fraction of sp³-hybridized carbons (Fsp3) is 0.111. The summed E-state index contributed by atoms with van der Waals surface area (Å²) < 4.78 is 35.2. The Bertz CT molecular complexity index is 1480. The van der Waals surface area contributed by atoms with Gasteiger partial charge < -0.3 is 4.74 Å². The lowest BCUT2D eigenvalue weighted by molar-refractivity contribution is -0.114. The molecule has 0 radical (unpaired) electrons. The molecule has 1 heterocycles. The van der Waals surface area contributed by atoms with Gasteiger partial charge in [0.1, 0.15) is 10.6 Å². The van der Waals surface area contributed by atoms with Gasteiger partial charge in [-0.15, -0.1) is 0 Å². The van der Waals surface area contributed by atoms with Gasteiger partial charge in [-0.05, 0) is 59.0 Å². The molecule has 0 saturated carbocycles. The second-order valence-corrected chi connectivity index (χ2v) is 10.6. The van der Waals surface area contributed by atoms with E-state index in [9.17, 15) is 13.2 Å². The van der Waals surface area contributed by atoms with E-state index < -0.39 is 15.9 Å². The van der Waals surface area contributed by atoms with Crippen LogP contribution in [-0.4, -0.2) is 31.2 Å². The lowest BCUT2D eigenvalue weighted by Crippen LogP contribution is -2.29. The zero-order valence-electron chi connectivity index (χ0n) is 19.5. The minimum Gasteiger partial charge on any atom is -0.495 e. The Morgan fingerprint density at radius 1 is 1.06 bits per heavy atom. The van der Waals surface area contributed by atoms with Crippen LogP contribution in [0.3, 0.4) is 0 Å². The largest absolute Gasteiger partial charge is 0.495 e. The van der Waals surface area contributed by atoms with Crippen LogP contribution in [0.4, 0.5) is 0 Å². The summed E-state index contributed by atoms with van der Waals surface area (Å²) in [5, 5.41) is 4.26. The maximum atomic E-state index is 12.8. The van der Waals surface area contributed by atoms with Crippen molar-refractivity contribution in [3.05, 3.63) is 118 Å². The predicted octanol–water partition coefficient (Wildman–Crippen LogP) is 4.81. The number of sulfonamides is 1. The summed E-state index contributed by atoms with van der Waals surface area (Å²) in [6.07, 6.45) is 7.13. The Kier molecular flexibility index (Phi) is 8.02. The predicted molar refractivity (Wildman–Crippen MR) is 142 cm³/mol. The molecule has 0 atom stereocenters. The van der Waals surface area contributed by atoms with Crippen molar-refractivity contribution in [3.8, 4) is 5.75 Å². The topological polar surface area (TPSA) is 90.3 Å². The van der Waals surface area contributed by atoms with Crippen LogP contribution in [0.15, 0.2) is 101 Å². The second kappa shape index (κ2) is 11.4. The lowest BCUT2D eigenvalue weighted by Gasteiger charge is -2.11. The average molecular weight is 566 g/mol. The van der Waals surface area contributed by atoms with Crippen LogP contribution in [0.25, 0.3) is 6.08 Å². The first-order valence-corrected chi connectivity index (χ1v) is 13.3. The van der Waals surface area contributed by atoms with Crippen molar-refractivity contribution in [1.82, 2.24) is 14.5 Å². The molecule has 3 aromatic carbocycles. The summed E-state index contributed by atoms with van der Waals surface area (Å²) >= 11 is 3.25. The molecule has 0 spiro atoms. The smallest absolute Gasteiger partial charge is 0.268 e. The maximum Gasteiger partial charge on any atom is 0.268 e. The van der Waals surface area contributed by atoms with Gasteiger partial charge in [0.25, 0.3) is 15.9 Å². The Hall–Kier alpha value is -3.69. The first-order chi connectivity index (χ1) is 17.3. The molecule has 0 bridgehead atoms. The van der Waals surface area contributed by atoms with Gasteiger partial charge in [-0.3, -0.25) is 9.48 Å². The van der Waals surface area contributed by atoms with E-state index in [2.05, 4.69) is 31.8 Å². The monoisotopic (exact) mass is 565 g/mol. The number of rotatable bonds is 9. The lowest BCUT2D eigenvalue weighted by atomic mass is 9.97. The molecule has 184 valence electrons. The summed E-state index contributed by atoms with van der Waals surface area (Å²) in [7, 11) is -2.77. The molecule has 9 heteroatoms. The third-order valence-corrected chi connectivity index (χ3v) is 7.27. The van der Waals surface area contributed by atoms with Crippen molar-refractivity contribution in [2.45, 2.75) is 17.9 Å². The van der Waals surface area contributed by atoms with E-state index in [0.717, 1.165) is 22.3 Å². The highest BCUT2D eigenvalue weighted by molar-refractivity contribution is 9.10. The number of aromatic nitrogens is 2. The number of benzene rings is 3.